The van der Waals surface area contributed by atoms with Crippen molar-refractivity contribution in [2.45, 2.75) is 25.8 Å². The molecule has 86 valence electrons. The normalized spacial score (nSPS) is 33.0. The van der Waals surface area contributed by atoms with E-state index in [2.05, 4.69) is 22.5 Å². The Morgan fingerprint density at radius 1 is 1.40 bits per heavy atom. The van der Waals surface area contributed by atoms with Gasteiger partial charge in [-0.3, -0.25) is 4.79 Å². The molecule has 2 fully saturated rings. The van der Waals surface area contributed by atoms with Gasteiger partial charge in [0.1, 0.15) is 0 Å². The maximum absolute atomic E-state index is 11.3. The van der Waals surface area contributed by atoms with E-state index >= 15 is 0 Å². The van der Waals surface area contributed by atoms with Gasteiger partial charge in [-0.1, -0.05) is 6.92 Å². The first-order chi connectivity index (χ1) is 7.29. The number of piperazine rings is 1. The number of carbonyl (C=O) groups excluding carboxylic acids is 1. The van der Waals surface area contributed by atoms with Crippen LogP contribution in [0.5, 0.6) is 0 Å². The summed E-state index contributed by atoms with van der Waals surface area (Å²) in [6.07, 6.45) is 1.78. The summed E-state index contributed by atoms with van der Waals surface area (Å²) in [5.74, 6) is 0.766. The van der Waals surface area contributed by atoms with Gasteiger partial charge in [-0.05, 0) is 6.42 Å². The lowest BCUT2D eigenvalue weighted by atomic mass is 9.98. The van der Waals surface area contributed by atoms with Crippen LogP contribution in [0.1, 0.15) is 19.8 Å². The summed E-state index contributed by atoms with van der Waals surface area (Å²) in [5, 5.41) is 6.41. The van der Waals surface area contributed by atoms with Gasteiger partial charge >= 0.3 is 0 Å². The largest absolute Gasteiger partial charge is 0.353 e. The van der Waals surface area contributed by atoms with Crippen molar-refractivity contribution in [2.24, 2.45) is 5.92 Å². The van der Waals surface area contributed by atoms with Crippen molar-refractivity contribution >= 4 is 5.91 Å². The molecule has 2 saturated heterocycles. The third-order valence-electron chi connectivity index (χ3n) is 3.51. The maximum Gasteiger partial charge on any atom is 0.220 e. The minimum absolute atomic E-state index is 0.238. The number of rotatable bonds is 3. The fraction of sp³-hybridized carbons (Fsp3) is 0.909. The number of nitrogens with one attached hydrogen (secondary N) is 2. The predicted molar refractivity (Wildman–Crippen MR) is 59.6 cm³/mol. The highest BCUT2D eigenvalue weighted by Gasteiger charge is 2.32. The number of amides is 1. The van der Waals surface area contributed by atoms with Crippen molar-refractivity contribution in [2.75, 3.05) is 32.7 Å². The number of carbonyl (C=O) groups is 1. The van der Waals surface area contributed by atoms with Gasteiger partial charge in [0, 0.05) is 51.1 Å². The number of nitrogens with zero attached hydrogens (tertiary/aromatic N) is 1. The Labute approximate surface area is 91.4 Å². The molecule has 0 bridgehead atoms. The summed E-state index contributed by atoms with van der Waals surface area (Å²) in [6.45, 7) is 7.66. The first-order valence-electron chi connectivity index (χ1n) is 6.02. The summed E-state index contributed by atoms with van der Waals surface area (Å²) in [6, 6.07) is 0.410. The van der Waals surface area contributed by atoms with E-state index in [0.717, 1.165) is 45.6 Å². The smallest absolute Gasteiger partial charge is 0.220 e. The molecule has 2 rings (SSSR count). The van der Waals surface area contributed by atoms with Crippen molar-refractivity contribution in [3.63, 3.8) is 0 Å². The molecule has 2 heterocycles. The van der Waals surface area contributed by atoms with Crippen LogP contribution in [0.25, 0.3) is 0 Å². The van der Waals surface area contributed by atoms with Gasteiger partial charge in [-0.15, -0.1) is 0 Å². The third-order valence-corrected chi connectivity index (χ3v) is 3.51. The standard InChI is InChI=1S/C11H21N3O/c1-2-10-9(7-11(15)13-10)8-14-5-3-12-4-6-14/h9-10,12H,2-8H2,1H3,(H,13,15)/t9-,10-/m1/s1. The van der Waals surface area contributed by atoms with Gasteiger partial charge in [0.25, 0.3) is 0 Å². The number of hydrogen-bond donors (Lipinski definition) is 2. The lowest BCUT2D eigenvalue weighted by Gasteiger charge is -2.30. The molecule has 2 atom stereocenters. The molecule has 0 spiro atoms. The Bertz CT molecular complexity index is 226. The average molecular weight is 211 g/mol. The Morgan fingerprint density at radius 2 is 2.13 bits per heavy atom. The first kappa shape index (κ1) is 10.9. The Hall–Kier alpha value is -0.610. The second-order valence-corrected chi connectivity index (χ2v) is 4.60. The molecular formula is C11H21N3O. The van der Waals surface area contributed by atoms with Crippen molar-refractivity contribution in [1.82, 2.24) is 15.5 Å². The van der Waals surface area contributed by atoms with Crippen molar-refractivity contribution < 1.29 is 4.79 Å². The van der Waals surface area contributed by atoms with Crippen LogP contribution in [0, 0.1) is 5.92 Å². The molecule has 2 aliphatic heterocycles. The van der Waals surface area contributed by atoms with Crippen LogP contribution in [0.4, 0.5) is 0 Å². The Morgan fingerprint density at radius 3 is 2.80 bits per heavy atom. The second kappa shape index (κ2) is 4.94. The van der Waals surface area contributed by atoms with Crippen LogP contribution in [-0.2, 0) is 4.79 Å². The van der Waals surface area contributed by atoms with E-state index in [4.69, 9.17) is 0 Å². The molecule has 2 aliphatic rings. The summed E-state index contributed by atoms with van der Waals surface area (Å²) in [4.78, 5) is 13.8. The van der Waals surface area contributed by atoms with Crippen LogP contribution in [0.2, 0.25) is 0 Å². The van der Waals surface area contributed by atoms with E-state index < -0.39 is 0 Å². The first-order valence-corrected chi connectivity index (χ1v) is 6.02. The highest BCUT2D eigenvalue weighted by Crippen LogP contribution is 2.20. The molecule has 0 unspecified atom stereocenters. The molecule has 0 aliphatic carbocycles. The van der Waals surface area contributed by atoms with Crippen LogP contribution in [0.15, 0.2) is 0 Å². The fourth-order valence-electron chi connectivity index (χ4n) is 2.62. The third kappa shape index (κ3) is 2.69. The zero-order valence-electron chi connectivity index (χ0n) is 9.46. The van der Waals surface area contributed by atoms with Gasteiger partial charge in [0.05, 0.1) is 0 Å². The second-order valence-electron chi connectivity index (χ2n) is 4.60. The summed E-state index contributed by atoms with van der Waals surface area (Å²) < 4.78 is 0. The van der Waals surface area contributed by atoms with Gasteiger partial charge in [-0.25, -0.2) is 0 Å². The molecule has 1 amide bonds. The molecule has 0 aromatic carbocycles. The van der Waals surface area contributed by atoms with E-state index in [1.807, 2.05) is 0 Å². The fourth-order valence-corrected chi connectivity index (χ4v) is 2.62. The van der Waals surface area contributed by atoms with Crippen LogP contribution in [0.3, 0.4) is 0 Å². The SMILES string of the molecule is CC[C@H]1NC(=O)C[C@@H]1CN1CCNCC1. The molecule has 4 heteroatoms. The Balaban J connectivity index is 1.84. The molecule has 4 nitrogen and oxygen atoms in total. The quantitative estimate of drug-likeness (QED) is 0.680. The van der Waals surface area contributed by atoms with E-state index in [1.54, 1.807) is 0 Å². The van der Waals surface area contributed by atoms with Gasteiger partial charge in [0.2, 0.25) is 5.91 Å². The molecule has 0 radical (unpaired) electrons. The molecular weight excluding hydrogens is 190 g/mol. The van der Waals surface area contributed by atoms with E-state index in [1.165, 1.54) is 0 Å². The molecule has 0 aromatic rings. The topological polar surface area (TPSA) is 44.4 Å². The highest BCUT2D eigenvalue weighted by molar-refractivity contribution is 5.79. The summed E-state index contributed by atoms with van der Waals surface area (Å²) in [7, 11) is 0. The lowest BCUT2D eigenvalue weighted by molar-refractivity contribution is -0.119. The zero-order chi connectivity index (χ0) is 10.7. The van der Waals surface area contributed by atoms with E-state index in [-0.39, 0.29) is 5.91 Å². The molecule has 0 saturated carbocycles. The number of hydrogen-bond acceptors (Lipinski definition) is 3. The average Bonchev–Trinajstić information content (AvgIpc) is 2.60. The molecule has 2 N–H and O–H groups in total. The van der Waals surface area contributed by atoms with Crippen LogP contribution >= 0.6 is 0 Å². The van der Waals surface area contributed by atoms with E-state index in [0.29, 0.717) is 12.0 Å². The minimum atomic E-state index is 0.238. The van der Waals surface area contributed by atoms with Crippen LogP contribution in [-0.4, -0.2) is 49.6 Å². The van der Waals surface area contributed by atoms with Gasteiger partial charge in [0.15, 0.2) is 0 Å². The minimum Gasteiger partial charge on any atom is -0.353 e. The van der Waals surface area contributed by atoms with Gasteiger partial charge in [-0.2, -0.15) is 0 Å². The maximum atomic E-state index is 11.3. The van der Waals surface area contributed by atoms with Crippen molar-refractivity contribution in [3.05, 3.63) is 0 Å². The monoisotopic (exact) mass is 211 g/mol. The van der Waals surface area contributed by atoms with Gasteiger partial charge < -0.3 is 15.5 Å². The van der Waals surface area contributed by atoms with Crippen LogP contribution < -0.4 is 10.6 Å². The lowest BCUT2D eigenvalue weighted by Crippen LogP contribution is -2.46. The zero-order valence-corrected chi connectivity index (χ0v) is 9.46. The van der Waals surface area contributed by atoms with Crippen molar-refractivity contribution in [3.8, 4) is 0 Å². The summed E-state index contributed by atoms with van der Waals surface area (Å²) >= 11 is 0. The Kier molecular flexibility index (Phi) is 3.59. The highest BCUT2D eigenvalue weighted by atomic mass is 16.2. The van der Waals surface area contributed by atoms with E-state index in [9.17, 15) is 4.79 Å². The molecule has 15 heavy (non-hydrogen) atoms. The van der Waals surface area contributed by atoms with Crippen molar-refractivity contribution in [1.29, 1.82) is 0 Å². The summed E-state index contributed by atoms with van der Waals surface area (Å²) in [5.41, 5.74) is 0. The molecule has 0 aromatic heterocycles. The predicted octanol–water partition coefficient (Wildman–Crippen LogP) is -0.194.